The number of carbonyl (C=O) groups is 1. The van der Waals surface area contributed by atoms with Gasteiger partial charge in [0, 0.05) is 49.5 Å². The van der Waals surface area contributed by atoms with Gasteiger partial charge in [0.05, 0.1) is 11.6 Å². The molecule has 134 valence electrons. The molecule has 4 rings (SSSR count). The average Bonchev–Trinajstić information content (AvgIpc) is 3.17. The smallest absolute Gasteiger partial charge is 0.219 e. The largest absolute Gasteiger partial charge is 0.380 e. The second-order valence-electron chi connectivity index (χ2n) is 6.91. The Morgan fingerprint density at radius 3 is 2.93 bits per heavy atom. The van der Waals surface area contributed by atoms with Crippen molar-refractivity contribution in [3.8, 4) is 17.2 Å². The van der Waals surface area contributed by atoms with Crippen molar-refractivity contribution in [1.29, 1.82) is 5.26 Å². The Hall–Kier alpha value is -3.39. The first-order chi connectivity index (χ1) is 13.1. The van der Waals surface area contributed by atoms with Gasteiger partial charge in [-0.05, 0) is 53.3 Å². The van der Waals surface area contributed by atoms with E-state index in [1.54, 1.807) is 13.1 Å². The number of benzene rings is 2. The topological polar surface area (TPSA) is 69.0 Å². The molecule has 0 unspecified atom stereocenters. The molecule has 0 saturated carbocycles. The lowest BCUT2D eigenvalue weighted by Gasteiger charge is -2.18. The molecule has 1 aromatic heterocycles. The molecule has 5 heteroatoms. The Kier molecular flexibility index (Phi) is 4.47. The van der Waals surface area contributed by atoms with Crippen molar-refractivity contribution in [2.24, 2.45) is 0 Å². The highest BCUT2D eigenvalue weighted by Crippen LogP contribution is 2.32. The predicted molar refractivity (Wildman–Crippen MR) is 106 cm³/mol. The third kappa shape index (κ3) is 3.47. The molecule has 5 nitrogen and oxygen atoms in total. The quantitative estimate of drug-likeness (QED) is 0.775. The van der Waals surface area contributed by atoms with E-state index in [-0.39, 0.29) is 11.9 Å². The van der Waals surface area contributed by atoms with E-state index in [9.17, 15) is 10.1 Å². The Morgan fingerprint density at radius 2 is 2.15 bits per heavy atom. The normalized spacial score (nSPS) is 16.3. The van der Waals surface area contributed by atoms with E-state index in [0.717, 1.165) is 40.6 Å². The molecule has 0 bridgehead atoms. The second kappa shape index (κ2) is 7.08. The van der Waals surface area contributed by atoms with E-state index < -0.39 is 0 Å². The van der Waals surface area contributed by atoms with Gasteiger partial charge in [0.25, 0.3) is 0 Å². The zero-order valence-corrected chi connectivity index (χ0v) is 15.1. The van der Waals surface area contributed by atoms with E-state index in [4.69, 9.17) is 0 Å². The van der Waals surface area contributed by atoms with Crippen LogP contribution in [-0.4, -0.2) is 34.9 Å². The van der Waals surface area contributed by atoms with Gasteiger partial charge in [-0.3, -0.25) is 9.78 Å². The van der Waals surface area contributed by atoms with Crippen LogP contribution >= 0.6 is 0 Å². The molecule has 0 spiro atoms. The van der Waals surface area contributed by atoms with Crippen LogP contribution in [0.1, 0.15) is 18.9 Å². The summed E-state index contributed by atoms with van der Waals surface area (Å²) in [4.78, 5) is 17.8. The maximum atomic E-state index is 11.6. The number of nitriles is 1. The van der Waals surface area contributed by atoms with Crippen LogP contribution in [0.3, 0.4) is 0 Å². The lowest BCUT2D eigenvalue weighted by atomic mass is 9.99. The minimum atomic E-state index is 0.118. The lowest BCUT2D eigenvalue weighted by molar-refractivity contribution is -0.127. The van der Waals surface area contributed by atoms with E-state index in [0.29, 0.717) is 12.1 Å². The number of aromatic nitrogens is 1. The number of anilines is 1. The molecule has 0 aliphatic carbocycles. The van der Waals surface area contributed by atoms with Crippen LogP contribution < -0.4 is 5.32 Å². The fraction of sp³-hybridized carbons (Fsp3) is 0.227. The number of hydrogen-bond donors (Lipinski definition) is 1. The molecule has 3 aromatic rings. The molecule has 1 aliphatic rings. The van der Waals surface area contributed by atoms with Crippen molar-refractivity contribution in [2.75, 3.05) is 18.4 Å². The van der Waals surface area contributed by atoms with Gasteiger partial charge in [0.1, 0.15) is 0 Å². The van der Waals surface area contributed by atoms with Crippen LogP contribution in [-0.2, 0) is 4.79 Å². The summed E-state index contributed by atoms with van der Waals surface area (Å²) >= 11 is 0. The maximum absolute atomic E-state index is 11.6. The summed E-state index contributed by atoms with van der Waals surface area (Å²) in [5.74, 6) is 0.118. The monoisotopic (exact) mass is 356 g/mol. The Morgan fingerprint density at radius 1 is 1.26 bits per heavy atom. The number of pyridine rings is 1. The second-order valence-corrected chi connectivity index (χ2v) is 6.91. The van der Waals surface area contributed by atoms with Gasteiger partial charge in [-0.1, -0.05) is 12.1 Å². The minimum Gasteiger partial charge on any atom is -0.380 e. The zero-order valence-electron chi connectivity index (χ0n) is 15.1. The Labute approximate surface area is 158 Å². The number of fused-ring (bicyclic) bond motifs is 1. The fourth-order valence-electron chi connectivity index (χ4n) is 3.64. The minimum absolute atomic E-state index is 0.118. The number of nitrogens with one attached hydrogen (secondary N) is 1. The van der Waals surface area contributed by atoms with Gasteiger partial charge >= 0.3 is 0 Å². The van der Waals surface area contributed by atoms with E-state index in [1.807, 2.05) is 41.4 Å². The van der Waals surface area contributed by atoms with Gasteiger partial charge in [-0.15, -0.1) is 0 Å². The number of likely N-dealkylation sites (tertiary alicyclic amines) is 1. The van der Waals surface area contributed by atoms with E-state index in [2.05, 4.69) is 28.5 Å². The van der Waals surface area contributed by atoms with Crippen molar-refractivity contribution in [1.82, 2.24) is 9.88 Å². The molecule has 2 heterocycles. The summed E-state index contributed by atoms with van der Waals surface area (Å²) in [7, 11) is 0. The summed E-state index contributed by atoms with van der Waals surface area (Å²) in [6.45, 7) is 3.11. The molecule has 0 radical (unpaired) electrons. The van der Waals surface area contributed by atoms with Crippen LogP contribution in [0, 0.1) is 11.3 Å². The highest BCUT2D eigenvalue weighted by atomic mass is 16.2. The standard InChI is InChI=1S/C22H20N4O/c1-15(27)26-8-6-20(14-26)25-22-11-19(10-18-5-7-24-13-21(18)22)17-4-2-3-16(9-17)12-23/h2-5,7,9-11,13,20,25H,6,8,14H2,1H3/t20-/m0/s1. The van der Waals surface area contributed by atoms with E-state index in [1.165, 1.54) is 0 Å². The SMILES string of the molecule is CC(=O)N1CC[C@H](Nc2cc(-c3cccc(C#N)c3)cc3ccncc23)C1. The van der Waals surface area contributed by atoms with Crippen molar-refractivity contribution < 1.29 is 4.79 Å². The van der Waals surface area contributed by atoms with Crippen LogP contribution in [0.2, 0.25) is 0 Å². The fourth-order valence-corrected chi connectivity index (χ4v) is 3.64. The molecule has 1 N–H and O–H groups in total. The van der Waals surface area contributed by atoms with Crippen molar-refractivity contribution >= 4 is 22.4 Å². The highest BCUT2D eigenvalue weighted by Gasteiger charge is 2.24. The highest BCUT2D eigenvalue weighted by molar-refractivity contribution is 5.97. The Bertz CT molecular complexity index is 1050. The molecule has 1 atom stereocenters. The zero-order chi connectivity index (χ0) is 18.8. The molecule has 1 aliphatic heterocycles. The van der Waals surface area contributed by atoms with Crippen molar-refractivity contribution in [2.45, 2.75) is 19.4 Å². The van der Waals surface area contributed by atoms with Crippen LogP contribution in [0.15, 0.2) is 54.9 Å². The number of hydrogen-bond acceptors (Lipinski definition) is 4. The first kappa shape index (κ1) is 17.0. The summed E-state index contributed by atoms with van der Waals surface area (Å²) in [5, 5.41) is 14.9. The summed E-state index contributed by atoms with van der Waals surface area (Å²) in [6, 6.07) is 16.3. The molecular weight excluding hydrogens is 336 g/mol. The first-order valence-electron chi connectivity index (χ1n) is 9.04. The van der Waals surface area contributed by atoms with Gasteiger partial charge in [-0.2, -0.15) is 5.26 Å². The summed E-state index contributed by atoms with van der Waals surface area (Å²) in [5.41, 5.74) is 3.71. The van der Waals surface area contributed by atoms with Gasteiger partial charge in [-0.25, -0.2) is 0 Å². The van der Waals surface area contributed by atoms with Crippen LogP contribution in [0.4, 0.5) is 5.69 Å². The lowest BCUT2D eigenvalue weighted by Crippen LogP contribution is -2.29. The molecule has 2 aromatic carbocycles. The molecule has 1 fully saturated rings. The number of carbonyl (C=O) groups excluding carboxylic acids is 1. The number of amides is 1. The first-order valence-corrected chi connectivity index (χ1v) is 9.04. The molecule has 27 heavy (non-hydrogen) atoms. The maximum Gasteiger partial charge on any atom is 0.219 e. The van der Waals surface area contributed by atoms with Crippen molar-refractivity contribution in [3.05, 3.63) is 60.4 Å². The van der Waals surface area contributed by atoms with Gasteiger partial charge in [0.15, 0.2) is 0 Å². The average molecular weight is 356 g/mol. The van der Waals surface area contributed by atoms with Gasteiger partial charge < -0.3 is 10.2 Å². The summed E-state index contributed by atoms with van der Waals surface area (Å²) < 4.78 is 0. The third-order valence-corrected chi connectivity index (χ3v) is 5.07. The Balaban J connectivity index is 1.73. The molecular formula is C22H20N4O. The molecule has 1 saturated heterocycles. The third-order valence-electron chi connectivity index (χ3n) is 5.07. The number of nitrogens with zero attached hydrogens (tertiary/aromatic N) is 3. The molecule has 1 amide bonds. The predicted octanol–water partition coefficient (Wildman–Crippen LogP) is 3.81. The van der Waals surface area contributed by atoms with Crippen LogP contribution in [0.25, 0.3) is 21.9 Å². The van der Waals surface area contributed by atoms with Crippen LogP contribution in [0.5, 0.6) is 0 Å². The number of rotatable bonds is 3. The van der Waals surface area contributed by atoms with E-state index >= 15 is 0 Å². The summed E-state index contributed by atoms with van der Waals surface area (Å²) in [6.07, 6.45) is 4.58. The van der Waals surface area contributed by atoms with Gasteiger partial charge in [0.2, 0.25) is 5.91 Å². The van der Waals surface area contributed by atoms with Crippen molar-refractivity contribution in [3.63, 3.8) is 0 Å².